The Morgan fingerprint density at radius 1 is 1.35 bits per heavy atom. The van der Waals surface area contributed by atoms with Gasteiger partial charge in [-0.25, -0.2) is 4.99 Å². The average Bonchev–Trinajstić information content (AvgIpc) is 2.77. The lowest BCUT2D eigenvalue weighted by Crippen LogP contribution is -2.38. The molecule has 1 aromatic carbocycles. The van der Waals surface area contributed by atoms with Crippen LogP contribution in [0.5, 0.6) is 0 Å². The number of carbonyl (C=O) groups is 1. The number of benzene rings is 1. The highest BCUT2D eigenvalue weighted by atomic mass is 35.5. The summed E-state index contributed by atoms with van der Waals surface area (Å²) in [5.41, 5.74) is 3.61. The number of guanidine groups is 1. The van der Waals surface area contributed by atoms with Crippen LogP contribution in [0.1, 0.15) is 18.2 Å². The zero-order valence-electron chi connectivity index (χ0n) is 16.8. The van der Waals surface area contributed by atoms with Crippen LogP contribution >= 0.6 is 23.2 Å². The zero-order valence-corrected chi connectivity index (χ0v) is 18.3. The third kappa shape index (κ3) is 4.41. The van der Waals surface area contributed by atoms with Gasteiger partial charge >= 0.3 is 0 Å². The van der Waals surface area contributed by atoms with Crippen molar-refractivity contribution in [3.8, 4) is 0 Å². The van der Waals surface area contributed by atoms with Gasteiger partial charge in [-0.3, -0.25) is 14.7 Å². The summed E-state index contributed by atoms with van der Waals surface area (Å²) in [5, 5.41) is 7.08. The van der Waals surface area contributed by atoms with Crippen LogP contribution in [0.15, 0.2) is 51.9 Å². The number of fused-ring (bicyclic) bond motifs is 1. The maximum Gasteiger partial charge on any atom is 0.262 e. The van der Waals surface area contributed by atoms with Gasteiger partial charge in [0.1, 0.15) is 0 Å². The number of ether oxygens (including phenoxy) is 1. The Labute approximate surface area is 189 Å². The molecule has 2 aliphatic heterocycles. The molecule has 2 aromatic rings. The molecule has 1 aromatic heterocycles. The number of rotatable bonds is 3. The SMILES string of the molecule is C=NC(=NC1=C(C)C(=O)N(c2c(Cl)cccc2Cl)CO1)Nc1cnc2c(c1)CCNC2. The van der Waals surface area contributed by atoms with Crippen LogP contribution in [-0.2, 0) is 22.5 Å². The number of hydrogen-bond donors (Lipinski definition) is 2. The van der Waals surface area contributed by atoms with Crippen LogP contribution in [0, 0.1) is 0 Å². The summed E-state index contributed by atoms with van der Waals surface area (Å²) in [5.74, 6) is 0.0304. The first-order valence-corrected chi connectivity index (χ1v) is 10.3. The highest BCUT2D eigenvalue weighted by Gasteiger charge is 2.29. The predicted octanol–water partition coefficient (Wildman–Crippen LogP) is 3.76. The van der Waals surface area contributed by atoms with Gasteiger partial charge in [0.25, 0.3) is 5.91 Å². The fourth-order valence-corrected chi connectivity index (χ4v) is 3.96. The molecule has 0 atom stereocenters. The molecule has 4 rings (SSSR count). The molecule has 0 fully saturated rings. The Hall–Kier alpha value is -2.94. The fourth-order valence-electron chi connectivity index (χ4n) is 3.36. The van der Waals surface area contributed by atoms with Crippen LogP contribution in [0.3, 0.4) is 0 Å². The standard InChI is InChI=1S/C21H20Cl2N6O2/c1-12-19(31-11-29(20(12)30)18-15(22)4-3-5-16(18)23)28-21(24-2)27-14-8-13-6-7-25-10-17(13)26-9-14/h3-5,8-9,25H,2,6-7,10-11H2,1H3,(H,27,28). The maximum atomic E-state index is 12.9. The largest absolute Gasteiger partial charge is 0.455 e. The molecular formula is C21H20Cl2N6O2. The van der Waals surface area contributed by atoms with Crippen LogP contribution in [0.4, 0.5) is 11.4 Å². The van der Waals surface area contributed by atoms with Crippen molar-refractivity contribution >= 4 is 53.2 Å². The normalized spacial score (nSPS) is 16.7. The predicted molar refractivity (Wildman–Crippen MR) is 123 cm³/mol. The van der Waals surface area contributed by atoms with E-state index in [0.717, 1.165) is 30.9 Å². The van der Waals surface area contributed by atoms with Crippen molar-refractivity contribution in [3.63, 3.8) is 0 Å². The molecule has 160 valence electrons. The molecule has 31 heavy (non-hydrogen) atoms. The number of nitrogens with one attached hydrogen (secondary N) is 2. The van der Waals surface area contributed by atoms with E-state index in [1.54, 1.807) is 31.3 Å². The first kappa shape index (κ1) is 21.3. The van der Waals surface area contributed by atoms with Crippen LogP contribution in [0.25, 0.3) is 0 Å². The smallest absolute Gasteiger partial charge is 0.262 e. The number of nitrogens with zero attached hydrogens (tertiary/aromatic N) is 4. The van der Waals surface area contributed by atoms with Crippen molar-refractivity contribution in [1.29, 1.82) is 0 Å². The summed E-state index contributed by atoms with van der Waals surface area (Å²) in [4.78, 5) is 27.1. The Kier molecular flexibility index (Phi) is 6.22. The van der Waals surface area contributed by atoms with Crippen LogP contribution in [0.2, 0.25) is 10.0 Å². The summed E-state index contributed by atoms with van der Waals surface area (Å²) in [7, 11) is 0. The topological polar surface area (TPSA) is 91.2 Å². The summed E-state index contributed by atoms with van der Waals surface area (Å²) in [6, 6.07) is 7.05. The zero-order chi connectivity index (χ0) is 22.0. The van der Waals surface area contributed by atoms with Crippen molar-refractivity contribution < 1.29 is 9.53 Å². The number of pyridine rings is 1. The third-order valence-electron chi connectivity index (χ3n) is 4.96. The molecule has 0 unspecified atom stereocenters. The summed E-state index contributed by atoms with van der Waals surface area (Å²) < 4.78 is 5.73. The number of aromatic nitrogens is 1. The lowest BCUT2D eigenvalue weighted by molar-refractivity contribution is -0.117. The number of para-hydroxylation sites is 1. The molecule has 0 aliphatic carbocycles. The van der Waals surface area contributed by atoms with Crippen molar-refractivity contribution in [2.45, 2.75) is 19.9 Å². The van der Waals surface area contributed by atoms with Gasteiger partial charge < -0.3 is 15.4 Å². The molecule has 2 N–H and O–H groups in total. The fraction of sp³-hybridized carbons (Fsp3) is 0.238. The Bertz CT molecular complexity index is 1090. The summed E-state index contributed by atoms with van der Waals surface area (Å²) in [6.07, 6.45) is 2.61. The molecule has 10 heteroatoms. The molecule has 0 spiro atoms. The Morgan fingerprint density at radius 2 is 2.13 bits per heavy atom. The van der Waals surface area contributed by atoms with Crippen molar-refractivity contribution in [3.05, 3.63) is 63.2 Å². The van der Waals surface area contributed by atoms with Crippen molar-refractivity contribution in [2.75, 3.05) is 23.5 Å². The van der Waals surface area contributed by atoms with E-state index in [1.165, 1.54) is 10.5 Å². The first-order chi connectivity index (χ1) is 15.0. The van der Waals surface area contributed by atoms with Gasteiger partial charge in [-0.1, -0.05) is 29.3 Å². The highest BCUT2D eigenvalue weighted by Crippen LogP contribution is 2.36. The second-order valence-corrected chi connectivity index (χ2v) is 7.80. The van der Waals surface area contributed by atoms with Crippen molar-refractivity contribution in [1.82, 2.24) is 10.3 Å². The van der Waals surface area contributed by atoms with E-state index in [2.05, 4.69) is 32.3 Å². The lowest BCUT2D eigenvalue weighted by atomic mass is 10.1. The molecule has 0 radical (unpaired) electrons. The van der Waals surface area contributed by atoms with E-state index in [0.29, 0.717) is 21.3 Å². The van der Waals surface area contributed by atoms with Gasteiger partial charge in [0.05, 0.1) is 38.9 Å². The number of aliphatic imine (C=N–C) groups is 2. The minimum atomic E-state index is -0.314. The number of amides is 1. The Balaban J connectivity index is 1.57. The summed E-state index contributed by atoms with van der Waals surface area (Å²) >= 11 is 12.5. The monoisotopic (exact) mass is 458 g/mol. The van der Waals surface area contributed by atoms with E-state index >= 15 is 0 Å². The number of hydrogen-bond acceptors (Lipinski definition) is 5. The van der Waals surface area contributed by atoms with E-state index in [4.69, 9.17) is 27.9 Å². The van der Waals surface area contributed by atoms with Gasteiger partial charge in [-0.2, -0.15) is 4.99 Å². The molecule has 3 heterocycles. The van der Waals surface area contributed by atoms with Gasteiger partial charge in [-0.15, -0.1) is 0 Å². The van der Waals surface area contributed by atoms with Gasteiger partial charge in [0.2, 0.25) is 11.8 Å². The molecule has 0 saturated heterocycles. The molecule has 0 saturated carbocycles. The molecule has 0 bridgehead atoms. The molecule has 1 amide bonds. The van der Waals surface area contributed by atoms with E-state index in [1.807, 2.05) is 6.07 Å². The minimum absolute atomic E-state index is 0.0870. The minimum Gasteiger partial charge on any atom is -0.455 e. The van der Waals surface area contributed by atoms with Gasteiger partial charge in [0, 0.05) is 6.54 Å². The van der Waals surface area contributed by atoms with E-state index in [9.17, 15) is 4.79 Å². The summed E-state index contributed by atoms with van der Waals surface area (Å²) in [6.45, 7) is 6.75. The lowest BCUT2D eigenvalue weighted by Gasteiger charge is -2.29. The quantitative estimate of drug-likeness (QED) is 0.539. The van der Waals surface area contributed by atoms with Gasteiger partial charge in [0.15, 0.2) is 6.73 Å². The average molecular weight is 459 g/mol. The molecule has 8 nitrogen and oxygen atoms in total. The maximum absolute atomic E-state index is 12.9. The second-order valence-electron chi connectivity index (χ2n) is 6.98. The van der Waals surface area contributed by atoms with Crippen LogP contribution < -0.4 is 15.5 Å². The molecule has 2 aliphatic rings. The van der Waals surface area contributed by atoms with E-state index in [-0.39, 0.29) is 24.5 Å². The number of halogens is 2. The highest BCUT2D eigenvalue weighted by molar-refractivity contribution is 6.40. The second kappa shape index (κ2) is 9.05. The van der Waals surface area contributed by atoms with Crippen molar-refractivity contribution in [2.24, 2.45) is 9.98 Å². The van der Waals surface area contributed by atoms with Crippen LogP contribution in [-0.4, -0.2) is 36.8 Å². The number of carbonyl (C=O) groups excluding carboxylic acids is 1. The third-order valence-corrected chi connectivity index (χ3v) is 5.57. The molecular weight excluding hydrogens is 439 g/mol. The van der Waals surface area contributed by atoms with E-state index < -0.39 is 0 Å². The number of anilines is 2. The first-order valence-electron chi connectivity index (χ1n) is 9.58. The Morgan fingerprint density at radius 3 is 2.87 bits per heavy atom. The van der Waals surface area contributed by atoms with Gasteiger partial charge in [-0.05, 0) is 50.4 Å².